The van der Waals surface area contributed by atoms with E-state index in [0.29, 0.717) is 24.0 Å². The highest BCUT2D eigenvalue weighted by Gasteiger charge is 2.48. The second-order valence-electron chi connectivity index (χ2n) is 7.55. The lowest BCUT2D eigenvalue weighted by Gasteiger charge is -2.52. The summed E-state index contributed by atoms with van der Waals surface area (Å²) in [4.78, 5) is 0. The second kappa shape index (κ2) is 6.93. The second-order valence-corrected chi connectivity index (χ2v) is 7.55. The van der Waals surface area contributed by atoms with E-state index in [4.69, 9.17) is 4.74 Å². The number of rotatable bonds is 7. The Kier molecular flexibility index (Phi) is 5.45. The maximum atomic E-state index is 6.04. The van der Waals surface area contributed by atoms with Gasteiger partial charge in [-0.3, -0.25) is 0 Å². The molecule has 0 bridgehead atoms. The van der Waals surface area contributed by atoms with Gasteiger partial charge >= 0.3 is 0 Å². The summed E-state index contributed by atoms with van der Waals surface area (Å²) >= 11 is 0. The van der Waals surface area contributed by atoms with Crippen molar-refractivity contribution in [2.45, 2.75) is 59.1 Å². The lowest BCUT2D eigenvalue weighted by Crippen LogP contribution is -2.61. The zero-order valence-electron chi connectivity index (χ0n) is 14.2. The zero-order chi connectivity index (χ0) is 15.5. The van der Waals surface area contributed by atoms with Crippen LogP contribution in [0.5, 0.6) is 0 Å². The number of hydrogen-bond donors (Lipinski definition) is 1. The van der Waals surface area contributed by atoms with Crippen molar-refractivity contribution in [3.63, 3.8) is 0 Å². The van der Waals surface area contributed by atoms with Crippen LogP contribution in [-0.2, 0) is 4.74 Å². The van der Waals surface area contributed by atoms with Crippen molar-refractivity contribution in [1.82, 2.24) is 5.32 Å². The molecule has 1 aromatic carbocycles. The van der Waals surface area contributed by atoms with Crippen molar-refractivity contribution in [2.75, 3.05) is 13.2 Å². The highest BCUT2D eigenvalue weighted by Crippen LogP contribution is 2.43. The minimum absolute atomic E-state index is 0.241. The predicted octanol–water partition coefficient (Wildman–Crippen LogP) is 4.22. The summed E-state index contributed by atoms with van der Waals surface area (Å²) in [5.74, 6) is 1.17. The summed E-state index contributed by atoms with van der Waals surface area (Å²) in [5, 5.41) is 3.75. The van der Waals surface area contributed by atoms with Crippen LogP contribution in [0.2, 0.25) is 0 Å². The summed E-state index contributed by atoms with van der Waals surface area (Å²) in [6.07, 6.45) is 1.55. The molecule has 1 N–H and O–H groups in total. The molecule has 0 amide bonds. The van der Waals surface area contributed by atoms with Crippen molar-refractivity contribution in [3.8, 4) is 0 Å². The molecule has 1 aromatic rings. The van der Waals surface area contributed by atoms with Crippen LogP contribution < -0.4 is 5.32 Å². The molecular formula is C19H31NO. The summed E-state index contributed by atoms with van der Waals surface area (Å²) in [6, 6.07) is 11.3. The first-order valence-electron chi connectivity index (χ1n) is 8.31. The van der Waals surface area contributed by atoms with Gasteiger partial charge in [-0.1, -0.05) is 65.0 Å². The standard InChI is InChI=1S/C19H31NO/c1-14(2)13-21-18-11-17(19(18,4)5)20-12-15(3)16-9-7-6-8-10-16/h6-10,14-15,17-18,20H,11-13H2,1-5H3. The van der Waals surface area contributed by atoms with E-state index in [1.165, 1.54) is 5.56 Å². The Morgan fingerprint density at radius 3 is 2.43 bits per heavy atom. The van der Waals surface area contributed by atoms with Gasteiger partial charge < -0.3 is 10.1 Å². The fraction of sp³-hybridized carbons (Fsp3) is 0.684. The molecule has 1 aliphatic carbocycles. The summed E-state index contributed by atoms with van der Waals surface area (Å²) in [7, 11) is 0. The van der Waals surface area contributed by atoms with Gasteiger partial charge in [-0.25, -0.2) is 0 Å². The molecular weight excluding hydrogens is 258 g/mol. The summed E-state index contributed by atoms with van der Waals surface area (Å²) in [6.45, 7) is 13.3. The Balaban J connectivity index is 1.77. The Labute approximate surface area is 130 Å². The van der Waals surface area contributed by atoms with Crippen LogP contribution in [0.1, 0.15) is 52.5 Å². The van der Waals surface area contributed by atoms with Gasteiger partial charge in [-0.2, -0.15) is 0 Å². The van der Waals surface area contributed by atoms with Gasteiger partial charge in [0.1, 0.15) is 0 Å². The van der Waals surface area contributed by atoms with E-state index in [2.05, 4.69) is 70.3 Å². The molecule has 2 nitrogen and oxygen atoms in total. The zero-order valence-corrected chi connectivity index (χ0v) is 14.2. The van der Waals surface area contributed by atoms with Gasteiger partial charge in [0, 0.05) is 24.6 Å². The lowest BCUT2D eigenvalue weighted by atomic mass is 9.64. The molecule has 0 heterocycles. The molecule has 21 heavy (non-hydrogen) atoms. The molecule has 0 spiro atoms. The monoisotopic (exact) mass is 289 g/mol. The minimum atomic E-state index is 0.241. The Bertz CT molecular complexity index is 426. The Morgan fingerprint density at radius 1 is 1.19 bits per heavy atom. The normalized spacial score (nSPS) is 25.6. The molecule has 1 saturated carbocycles. The van der Waals surface area contributed by atoms with Crippen LogP contribution in [0.3, 0.4) is 0 Å². The van der Waals surface area contributed by atoms with Crippen LogP contribution in [-0.4, -0.2) is 25.3 Å². The summed E-state index contributed by atoms with van der Waals surface area (Å²) < 4.78 is 6.04. The molecule has 1 aliphatic rings. The first-order chi connectivity index (χ1) is 9.91. The maximum absolute atomic E-state index is 6.04. The highest BCUT2D eigenvalue weighted by molar-refractivity contribution is 5.19. The third-order valence-corrected chi connectivity index (χ3v) is 4.85. The minimum Gasteiger partial charge on any atom is -0.377 e. The van der Waals surface area contributed by atoms with E-state index in [1.54, 1.807) is 0 Å². The van der Waals surface area contributed by atoms with Gasteiger partial charge in [0.15, 0.2) is 0 Å². The van der Waals surface area contributed by atoms with Crippen LogP contribution in [0.4, 0.5) is 0 Å². The molecule has 2 heteroatoms. The lowest BCUT2D eigenvalue weighted by molar-refractivity contribution is -0.123. The predicted molar refractivity (Wildman–Crippen MR) is 89.6 cm³/mol. The molecule has 0 aliphatic heterocycles. The topological polar surface area (TPSA) is 21.3 Å². The number of benzene rings is 1. The molecule has 3 unspecified atom stereocenters. The van der Waals surface area contributed by atoms with Crippen molar-refractivity contribution in [3.05, 3.63) is 35.9 Å². The molecule has 118 valence electrons. The van der Waals surface area contributed by atoms with E-state index >= 15 is 0 Å². The van der Waals surface area contributed by atoms with Crippen molar-refractivity contribution in [1.29, 1.82) is 0 Å². The Morgan fingerprint density at radius 2 is 1.86 bits per heavy atom. The average Bonchev–Trinajstić information content (AvgIpc) is 2.46. The largest absolute Gasteiger partial charge is 0.377 e. The van der Waals surface area contributed by atoms with Gasteiger partial charge in [0.05, 0.1) is 6.10 Å². The van der Waals surface area contributed by atoms with Gasteiger partial charge in [0.25, 0.3) is 0 Å². The van der Waals surface area contributed by atoms with E-state index in [0.717, 1.165) is 19.6 Å². The average molecular weight is 289 g/mol. The van der Waals surface area contributed by atoms with Crippen molar-refractivity contribution in [2.24, 2.45) is 11.3 Å². The third kappa shape index (κ3) is 4.08. The molecule has 1 fully saturated rings. The smallest absolute Gasteiger partial charge is 0.0656 e. The fourth-order valence-corrected chi connectivity index (χ4v) is 3.04. The fourth-order valence-electron chi connectivity index (χ4n) is 3.04. The van der Waals surface area contributed by atoms with E-state index in [9.17, 15) is 0 Å². The van der Waals surface area contributed by atoms with Crippen molar-refractivity contribution >= 4 is 0 Å². The van der Waals surface area contributed by atoms with Crippen LogP contribution in [0.25, 0.3) is 0 Å². The van der Waals surface area contributed by atoms with E-state index < -0.39 is 0 Å². The quantitative estimate of drug-likeness (QED) is 0.811. The van der Waals surface area contributed by atoms with Crippen LogP contribution in [0, 0.1) is 11.3 Å². The van der Waals surface area contributed by atoms with Gasteiger partial charge in [-0.15, -0.1) is 0 Å². The number of ether oxygens (including phenoxy) is 1. The van der Waals surface area contributed by atoms with Crippen LogP contribution in [0.15, 0.2) is 30.3 Å². The van der Waals surface area contributed by atoms with Gasteiger partial charge in [0.2, 0.25) is 0 Å². The highest BCUT2D eigenvalue weighted by atomic mass is 16.5. The molecule has 2 rings (SSSR count). The van der Waals surface area contributed by atoms with Crippen molar-refractivity contribution < 1.29 is 4.74 Å². The SMILES string of the molecule is CC(C)COC1CC(NCC(C)c2ccccc2)C1(C)C. The molecule has 0 saturated heterocycles. The number of nitrogens with one attached hydrogen (secondary N) is 1. The number of hydrogen-bond acceptors (Lipinski definition) is 2. The first kappa shape index (κ1) is 16.5. The Hall–Kier alpha value is -0.860. The molecule has 0 aromatic heterocycles. The molecule has 0 radical (unpaired) electrons. The van der Waals surface area contributed by atoms with Gasteiger partial charge in [-0.05, 0) is 23.8 Å². The first-order valence-corrected chi connectivity index (χ1v) is 8.31. The molecule has 3 atom stereocenters. The summed E-state index contributed by atoms with van der Waals surface area (Å²) in [5.41, 5.74) is 1.65. The van der Waals surface area contributed by atoms with E-state index in [1.807, 2.05) is 0 Å². The van der Waals surface area contributed by atoms with E-state index in [-0.39, 0.29) is 5.41 Å². The van der Waals surface area contributed by atoms with Crippen LogP contribution >= 0.6 is 0 Å². The maximum Gasteiger partial charge on any atom is 0.0656 e. The third-order valence-electron chi connectivity index (χ3n) is 4.85.